The Labute approximate surface area is 200 Å². The molecule has 1 aromatic heterocycles. The molecule has 0 spiro atoms. The second-order valence-corrected chi connectivity index (χ2v) is 10.5. The highest BCUT2D eigenvalue weighted by Crippen LogP contribution is 2.46. The highest BCUT2D eigenvalue weighted by molar-refractivity contribution is 5.84. The number of nitrogens with one attached hydrogen (secondary N) is 1. The van der Waals surface area contributed by atoms with Crippen LogP contribution in [0.4, 0.5) is 13.2 Å². The van der Waals surface area contributed by atoms with Crippen molar-refractivity contribution in [3.63, 3.8) is 0 Å². The predicted octanol–water partition coefficient (Wildman–Crippen LogP) is 4.93. The average Bonchev–Trinajstić information content (AvgIpc) is 3.25. The quantitative estimate of drug-likeness (QED) is 0.651. The van der Waals surface area contributed by atoms with Gasteiger partial charge in [0.05, 0.1) is 23.3 Å². The molecule has 5 nitrogen and oxygen atoms in total. The van der Waals surface area contributed by atoms with Crippen molar-refractivity contribution in [3.8, 4) is 0 Å². The molecule has 0 radical (unpaired) electrons. The lowest BCUT2D eigenvalue weighted by atomic mass is 9.74. The van der Waals surface area contributed by atoms with Gasteiger partial charge in [-0.1, -0.05) is 26.8 Å². The Morgan fingerprint density at radius 2 is 2.12 bits per heavy atom. The van der Waals surface area contributed by atoms with E-state index < -0.39 is 17.2 Å². The third-order valence-corrected chi connectivity index (χ3v) is 8.08. The van der Waals surface area contributed by atoms with Crippen LogP contribution in [0.25, 0.3) is 5.57 Å². The molecule has 1 N–H and O–H groups in total. The van der Waals surface area contributed by atoms with Crippen LogP contribution in [0, 0.1) is 17.3 Å². The summed E-state index contributed by atoms with van der Waals surface area (Å²) >= 11 is 0. The van der Waals surface area contributed by atoms with Crippen molar-refractivity contribution >= 4 is 11.5 Å². The molecule has 34 heavy (non-hydrogen) atoms. The Balaban J connectivity index is 1.43. The molecule has 2 aliphatic heterocycles. The van der Waals surface area contributed by atoms with Gasteiger partial charge < -0.3 is 15.0 Å². The van der Waals surface area contributed by atoms with Gasteiger partial charge >= 0.3 is 6.18 Å². The third-order valence-electron chi connectivity index (χ3n) is 8.08. The normalized spacial score (nSPS) is 30.5. The molecule has 1 amide bonds. The zero-order chi connectivity index (χ0) is 24.5. The minimum absolute atomic E-state index is 0.180. The number of ether oxygens (including phenoxy) is 1. The number of pyridine rings is 1. The van der Waals surface area contributed by atoms with Crippen LogP contribution in [0.5, 0.6) is 0 Å². The summed E-state index contributed by atoms with van der Waals surface area (Å²) < 4.78 is 44.8. The van der Waals surface area contributed by atoms with E-state index in [0.717, 1.165) is 56.6 Å². The summed E-state index contributed by atoms with van der Waals surface area (Å²) in [6, 6.07) is 2.84. The Morgan fingerprint density at radius 1 is 1.32 bits per heavy atom. The summed E-state index contributed by atoms with van der Waals surface area (Å²) in [6.07, 6.45) is 2.86. The van der Waals surface area contributed by atoms with Crippen molar-refractivity contribution in [1.82, 2.24) is 15.2 Å². The van der Waals surface area contributed by atoms with Crippen LogP contribution in [0.3, 0.4) is 0 Å². The van der Waals surface area contributed by atoms with E-state index in [1.807, 2.05) is 11.0 Å². The molecule has 2 fully saturated rings. The molecule has 3 aliphatic rings. The fourth-order valence-electron chi connectivity index (χ4n) is 5.80. The summed E-state index contributed by atoms with van der Waals surface area (Å²) in [7, 11) is 0. The molecule has 1 aliphatic carbocycles. The van der Waals surface area contributed by atoms with Gasteiger partial charge in [0.2, 0.25) is 5.91 Å². The SMILES string of the molecule is CC(C)C1(C(=O)N2CC=C(c3cc(C(F)(F)F)ccn3)CC2)CC[C@@H](NC2CCOC[C@H]2C)C1. The van der Waals surface area contributed by atoms with E-state index in [9.17, 15) is 18.0 Å². The fourth-order valence-corrected chi connectivity index (χ4v) is 5.80. The number of hydrogen-bond donors (Lipinski definition) is 1. The molecule has 2 unspecified atom stereocenters. The number of halogens is 3. The Morgan fingerprint density at radius 3 is 2.76 bits per heavy atom. The Bertz CT molecular complexity index is 917. The fraction of sp³-hybridized carbons (Fsp3) is 0.692. The molecule has 1 saturated heterocycles. The summed E-state index contributed by atoms with van der Waals surface area (Å²) in [5.74, 6) is 0.863. The third kappa shape index (κ3) is 5.18. The summed E-state index contributed by atoms with van der Waals surface area (Å²) in [5.41, 5.74) is 0.0229. The van der Waals surface area contributed by atoms with E-state index in [2.05, 4.69) is 31.1 Å². The number of amides is 1. The predicted molar refractivity (Wildman–Crippen MR) is 125 cm³/mol. The van der Waals surface area contributed by atoms with E-state index in [0.29, 0.717) is 43.2 Å². The smallest absolute Gasteiger partial charge is 0.381 e. The van der Waals surface area contributed by atoms with Gasteiger partial charge in [-0.05, 0) is 61.6 Å². The second kappa shape index (κ2) is 9.97. The molecule has 1 saturated carbocycles. The van der Waals surface area contributed by atoms with Gasteiger partial charge in [-0.2, -0.15) is 13.2 Å². The zero-order valence-corrected chi connectivity index (χ0v) is 20.3. The first-order valence-corrected chi connectivity index (χ1v) is 12.5. The number of rotatable bonds is 5. The number of aromatic nitrogens is 1. The van der Waals surface area contributed by atoms with Gasteiger partial charge in [-0.15, -0.1) is 0 Å². The molecule has 4 atom stereocenters. The van der Waals surface area contributed by atoms with Crippen LogP contribution < -0.4 is 5.32 Å². The molecule has 8 heteroatoms. The van der Waals surface area contributed by atoms with E-state index in [1.165, 1.54) is 6.20 Å². The Hall–Kier alpha value is -1.93. The highest BCUT2D eigenvalue weighted by Gasteiger charge is 2.49. The Kier molecular flexibility index (Phi) is 7.38. The standard InChI is InChI=1S/C26H36F3N3O2/c1-17(2)25(9-4-21(15-25)31-22-8-13-34-16-18(22)3)24(33)32-11-6-19(7-12-32)23-14-20(5-10-30-23)26(27,28)29/h5-6,10,14,17-18,21-22,31H,4,7-9,11-13,15-16H2,1-3H3/t18-,21-,22?,25?/m1/s1. The molecule has 0 bridgehead atoms. The first kappa shape index (κ1) is 25.2. The van der Waals surface area contributed by atoms with Crippen molar-refractivity contribution in [1.29, 1.82) is 0 Å². The molecular formula is C26H36F3N3O2. The van der Waals surface area contributed by atoms with Crippen LogP contribution in [-0.2, 0) is 15.7 Å². The van der Waals surface area contributed by atoms with Gasteiger partial charge in [0.25, 0.3) is 0 Å². The molecule has 4 rings (SSSR count). The van der Waals surface area contributed by atoms with Crippen molar-refractivity contribution in [2.75, 3.05) is 26.3 Å². The maximum absolute atomic E-state index is 13.8. The van der Waals surface area contributed by atoms with Crippen molar-refractivity contribution in [3.05, 3.63) is 35.7 Å². The lowest BCUT2D eigenvalue weighted by Gasteiger charge is -2.39. The minimum Gasteiger partial charge on any atom is -0.381 e. The second-order valence-electron chi connectivity index (χ2n) is 10.5. The lowest BCUT2D eigenvalue weighted by molar-refractivity contribution is -0.144. The van der Waals surface area contributed by atoms with Crippen molar-refractivity contribution < 1.29 is 22.7 Å². The van der Waals surface area contributed by atoms with Gasteiger partial charge in [-0.25, -0.2) is 0 Å². The number of hydrogen-bond acceptors (Lipinski definition) is 4. The van der Waals surface area contributed by atoms with E-state index in [-0.39, 0.29) is 11.8 Å². The topological polar surface area (TPSA) is 54.5 Å². The average molecular weight is 480 g/mol. The molecule has 3 heterocycles. The monoisotopic (exact) mass is 479 g/mol. The van der Waals surface area contributed by atoms with E-state index in [4.69, 9.17) is 4.74 Å². The highest BCUT2D eigenvalue weighted by atomic mass is 19.4. The molecule has 1 aromatic rings. The number of carbonyl (C=O) groups is 1. The van der Waals surface area contributed by atoms with Crippen LogP contribution in [-0.4, -0.2) is 54.2 Å². The lowest BCUT2D eigenvalue weighted by Crippen LogP contribution is -2.49. The summed E-state index contributed by atoms with van der Waals surface area (Å²) in [6.45, 7) is 8.96. The number of carbonyl (C=O) groups excluding carboxylic acids is 1. The largest absolute Gasteiger partial charge is 0.416 e. The summed E-state index contributed by atoms with van der Waals surface area (Å²) in [4.78, 5) is 19.8. The number of nitrogens with zero attached hydrogens (tertiary/aromatic N) is 2. The van der Waals surface area contributed by atoms with Crippen molar-refractivity contribution in [2.24, 2.45) is 17.3 Å². The van der Waals surface area contributed by atoms with Gasteiger partial charge in [0.15, 0.2) is 0 Å². The van der Waals surface area contributed by atoms with Gasteiger partial charge in [0, 0.05) is 38.0 Å². The van der Waals surface area contributed by atoms with Crippen LogP contribution in [0.1, 0.15) is 64.1 Å². The number of alkyl halides is 3. The van der Waals surface area contributed by atoms with E-state index >= 15 is 0 Å². The van der Waals surface area contributed by atoms with Gasteiger partial charge in [0.1, 0.15) is 0 Å². The zero-order valence-electron chi connectivity index (χ0n) is 20.3. The first-order valence-electron chi connectivity index (χ1n) is 12.5. The molecule has 188 valence electrons. The van der Waals surface area contributed by atoms with Crippen LogP contribution in [0.2, 0.25) is 0 Å². The molecule has 0 aromatic carbocycles. The van der Waals surface area contributed by atoms with E-state index in [1.54, 1.807) is 0 Å². The minimum atomic E-state index is -4.39. The van der Waals surface area contributed by atoms with Crippen LogP contribution in [0.15, 0.2) is 24.4 Å². The van der Waals surface area contributed by atoms with Crippen molar-refractivity contribution in [2.45, 2.75) is 71.1 Å². The maximum Gasteiger partial charge on any atom is 0.416 e. The summed E-state index contributed by atoms with van der Waals surface area (Å²) in [5, 5.41) is 3.82. The maximum atomic E-state index is 13.8. The van der Waals surface area contributed by atoms with Gasteiger partial charge in [-0.3, -0.25) is 9.78 Å². The van der Waals surface area contributed by atoms with Crippen LogP contribution >= 0.6 is 0 Å². The first-order chi connectivity index (χ1) is 16.1. The molecular weight excluding hydrogens is 443 g/mol.